The minimum absolute atomic E-state index is 0.129. The SMILES string of the molecule is CC(C)c1nc2c(c(N3CCN(C4CCCC4)C(=O)C3)n1)CCNC2=O. The number of piperazine rings is 1. The van der Waals surface area contributed by atoms with Gasteiger partial charge in [-0.25, -0.2) is 9.97 Å². The topological polar surface area (TPSA) is 78.4 Å². The number of aromatic nitrogens is 2. The molecule has 2 fully saturated rings. The smallest absolute Gasteiger partial charge is 0.270 e. The number of hydrogen-bond acceptors (Lipinski definition) is 5. The first kappa shape index (κ1) is 17.2. The van der Waals surface area contributed by atoms with Crippen molar-refractivity contribution in [2.45, 2.75) is 57.9 Å². The Bertz CT molecular complexity index is 727. The largest absolute Gasteiger partial charge is 0.350 e. The molecule has 0 aromatic carbocycles. The first-order chi connectivity index (χ1) is 12.5. The van der Waals surface area contributed by atoms with Crippen molar-refractivity contribution in [3.8, 4) is 0 Å². The van der Waals surface area contributed by atoms with E-state index in [0.29, 0.717) is 37.1 Å². The highest BCUT2D eigenvalue weighted by Gasteiger charge is 2.34. The summed E-state index contributed by atoms with van der Waals surface area (Å²) < 4.78 is 0. The molecule has 3 heterocycles. The summed E-state index contributed by atoms with van der Waals surface area (Å²) in [5.41, 5.74) is 1.37. The van der Waals surface area contributed by atoms with E-state index in [0.717, 1.165) is 37.3 Å². The standard InChI is InChI=1S/C19H27N5O2/c1-12(2)17-21-16-14(7-8-20-19(16)26)18(22-17)23-9-10-24(15(25)11-23)13-5-3-4-6-13/h12-13H,3-11H2,1-2H3,(H,20,26). The van der Waals surface area contributed by atoms with Gasteiger partial charge in [-0.15, -0.1) is 0 Å². The third-order valence-corrected chi connectivity index (χ3v) is 5.72. The van der Waals surface area contributed by atoms with Crippen molar-refractivity contribution in [1.29, 1.82) is 0 Å². The summed E-state index contributed by atoms with van der Waals surface area (Å²) in [4.78, 5) is 38.5. The van der Waals surface area contributed by atoms with E-state index in [-0.39, 0.29) is 17.7 Å². The van der Waals surface area contributed by atoms with Gasteiger partial charge in [-0.05, 0) is 19.3 Å². The van der Waals surface area contributed by atoms with Crippen LogP contribution in [0.25, 0.3) is 0 Å². The highest BCUT2D eigenvalue weighted by molar-refractivity contribution is 5.96. The van der Waals surface area contributed by atoms with Crippen LogP contribution < -0.4 is 10.2 Å². The summed E-state index contributed by atoms with van der Waals surface area (Å²) in [6.07, 6.45) is 5.43. The number of nitrogens with zero attached hydrogens (tertiary/aromatic N) is 4. The maximum Gasteiger partial charge on any atom is 0.270 e. The molecule has 1 aromatic rings. The van der Waals surface area contributed by atoms with Gasteiger partial charge in [0.2, 0.25) is 5.91 Å². The summed E-state index contributed by atoms with van der Waals surface area (Å²) in [5.74, 6) is 1.63. The van der Waals surface area contributed by atoms with E-state index in [2.05, 4.69) is 20.1 Å². The third-order valence-electron chi connectivity index (χ3n) is 5.72. The van der Waals surface area contributed by atoms with Crippen LogP contribution in [0.1, 0.15) is 67.3 Å². The van der Waals surface area contributed by atoms with E-state index in [1.165, 1.54) is 12.8 Å². The van der Waals surface area contributed by atoms with Crippen molar-refractivity contribution in [1.82, 2.24) is 20.2 Å². The molecule has 7 heteroatoms. The summed E-state index contributed by atoms with van der Waals surface area (Å²) in [6, 6.07) is 0.418. The normalized spacial score (nSPS) is 21.3. The number of anilines is 1. The Morgan fingerprint density at radius 3 is 2.58 bits per heavy atom. The average molecular weight is 357 g/mol. The molecule has 0 spiro atoms. The van der Waals surface area contributed by atoms with Crippen LogP contribution in [0, 0.1) is 0 Å². The van der Waals surface area contributed by atoms with Crippen LogP contribution in [-0.4, -0.2) is 58.9 Å². The lowest BCUT2D eigenvalue weighted by Gasteiger charge is -2.39. The van der Waals surface area contributed by atoms with E-state index in [9.17, 15) is 9.59 Å². The molecule has 2 aliphatic heterocycles. The average Bonchev–Trinajstić information content (AvgIpc) is 3.15. The van der Waals surface area contributed by atoms with Crippen LogP contribution in [0.5, 0.6) is 0 Å². The second-order valence-electron chi connectivity index (χ2n) is 7.84. The zero-order valence-corrected chi connectivity index (χ0v) is 15.6. The quantitative estimate of drug-likeness (QED) is 0.886. The highest BCUT2D eigenvalue weighted by Crippen LogP contribution is 2.29. The molecule has 0 unspecified atom stereocenters. The Morgan fingerprint density at radius 2 is 1.88 bits per heavy atom. The minimum atomic E-state index is -0.132. The molecule has 7 nitrogen and oxygen atoms in total. The van der Waals surface area contributed by atoms with Crippen LogP contribution in [0.4, 0.5) is 5.82 Å². The van der Waals surface area contributed by atoms with Crippen molar-refractivity contribution in [2.75, 3.05) is 31.1 Å². The molecule has 1 aromatic heterocycles. The van der Waals surface area contributed by atoms with Gasteiger partial charge in [0.05, 0.1) is 6.54 Å². The number of carbonyl (C=O) groups excluding carboxylic acids is 2. The number of carbonyl (C=O) groups is 2. The van der Waals surface area contributed by atoms with Crippen molar-refractivity contribution in [3.63, 3.8) is 0 Å². The molecule has 4 rings (SSSR count). The Labute approximate surface area is 154 Å². The lowest BCUT2D eigenvalue weighted by Crippen LogP contribution is -2.54. The van der Waals surface area contributed by atoms with Crippen molar-refractivity contribution in [3.05, 3.63) is 17.1 Å². The number of nitrogens with one attached hydrogen (secondary N) is 1. The fourth-order valence-corrected chi connectivity index (χ4v) is 4.28. The first-order valence-corrected chi connectivity index (χ1v) is 9.78. The van der Waals surface area contributed by atoms with Gasteiger partial charge in [0.1, 0.15) is 17.3 Å². The number of amides is 2. The van der Waals surface area contributed by atoms with Crippen LogP contribution in [0.3, 0.4) is 0 Å². The molecule has 0 atom stereocenters. The van der Waals surface area contributed by atoms with Gasteiger partial charge in [-0.1, -0.05) is 26.7 Å². The van der Waals surface area contributed by atoms with Gasteiger partial charge < -0.3 is 15.1 Å². The first-order valence-electron chi connectivity index (χ1n) is 9.78. The number of rotatable bonds is 3. The Kier molecular flexibility index (Phi) is 4.54. The molecule has 0 radical (unpaired) electrons. The molecule has 3 aliphatic rings. The molecule has 1 N–H and O–H groups in total. The summed E-state index contributed by atoms with van der Waals surface area (Å²) >= 11 is 0. The van der Waals surface area contributed by atoms with Gasteiger partial charge in [0.15, 0.2) is 0 Å². The second kappa shape index (κ2) is 6.85. The zero-order chi connectivity index (χ0) is 18.3. The Hall–Kier alpha value is -2.18. The summed E-state index contributed by atoms with van der Waals surface area (Å²) in [5, 5.41) is 2.86. The van der Waals surface area contributed by atoms with E-state index in [1.54, 1.807) is 0 Å². The second-order valence-corrected chi connectivity index (χ2v) is 7.84. The highest BCUT2D eigenvalue weighted by atomic mass is 16.2. The zero-order valence-electron chi connectivity index (χ0n) is 15.6. The molecule has 0 bridgehead atoms. The third kappa shape index (κ3) is 3.04. The number of fused-ring (bicyclic) bond motifs is 1. The van der Waals surface area contributed by atoms with Crippen LogP contribution in [-0.2, 0) is 11.2 Å². The van der Waals surface area contributed by atoms with Gasteiger partial charge in [0.25, 0.3) is 5.91 Å². The van der Waals surface area contributed by atoms with Crippen LogP contribution in [0.2, 0.25) is 0 Å². The predicted molar refractivity (Wildman–Crippen MR) is 98.3 cm³/mol. The predicted octanol–water partition coefficient (Wildman–Crippen LogP) is 1.48. The van der Waals surface area contributed by atoms with Crippen molar-refractivity contribution in [2.24, 2.45) is 0 Å². The fraction of sp³-hybridized carbons (Fsp3) is 0.684. The van der Waals surface area contributed by atoms with Gasteiger partial charge in [-0.2, -0.15) is 0 Å². The Balaban J connectivity index is 1.63. The van der Waals surface area contributed by atoms with E-state index in [1.807, 2.05) is 13.8 Å². The van der Waals surface area contributed by atoms with Gasteiger partial charge in [0, 0.05) is 37.2 Å². The molecule has 1 aliphatic carbocycles. The van der Waals surface area contributed by atoms with Gasteiger partial charge >= 0.3 is 0 Å². The van der Waals surface area contributed by atoms with Crippen LogP contribution >= 0.6 is 0 Å². The van der Waals surface area contributed by atoms with Crippen molar-refractivity contribution >= 4 is 17.6 Å². The summed E-state index contributed by atoms with van der Waals surface area (Å²) in [6.45, 7) is 6.50. The van der Waals surface area contributed by atoms with E-state index >= 15 is 0 Å². The lowest BCUT2D eigenvalue weighted by molar-refractivity contribution is -0.133. The maximum absolute atomic E-state index is 12.8. The van der Waals surface area contributed by atoms with E-state index in [4.69, 9.17) is 4.98 Å². The van der Waals surface area contributed by atoms with Gasteiger partial charge in [-0.3, -0.25) is 9.59 Å². The molecular formula is C19H27N5O2. The summed E-state index contributed by atoms with van der Waals surface area (Å²) in [7, 11) is 0. The number of hydrogen-bond donors (Lipinski definition) is 1. The molecular weight excluding hydrogens is 330 g/mol. The fourth-order valence-electron chi connectivity index (χ4n) is 4.28. The molecule has 1 saturated carbocycles. The molecule has 1 saturated heterocycles. The lowest BCUT2D eigenvalue weighted by atomic mass is 10.0. The van der Waals surface area contributed by atoms with E-state index < -0.39 is 0 Å². The monoisotopic (exact) mass is 357 g/mol. The minimum Gasteiger partial charge on any atom is -0.350 e. The van der Waals surface area contributed by atoms with Crippen molar-refractivity contribution < 1.29 is 9.59 Å². The Morgan fingerprint density at radius 1 is 1.12 bits per heavy atom. The van der Waals surface area contributed by atoms with Crippen LogP contribution in [0.15, 0.2) is 0 Å². The molecule has 2 amide bonds. The molecule has 26 heavy (non-hydrogen) atoms. The maximum atomic E-state index is 12.8. The molecule has 140 valence electrons.